The highest BCUT2D eigenvalue weighted by molar-refractivity contribution is 7.91. The molecule has 0 bridgehead atoms. The zero-order valence-electron chi connectivity index (χ0n) is 24.3. The second-order valence-electron chi connectivity index (χ2n) is 10.4. The lowest BCUT2D eigenvalue weighted by Crippen LogP contribution is -2.32. The molecule has 0 radical (unpaired) electrons. The van der Waals surface area contributed by atoms with Crippen molar-refractivity contribution in [2.75, 3.05) is 0 Å². The highest BCUT2D eigenvalue weighted by Crippen LogP contribution is 2.34. The van der Waals surface area contributed by atoms with Crippen molar-refractivity contribution >= 4 is 9.84 Å². The molecule has 3 atom stereocenters. The van der Waals surface area contributed by atoms with Crippen LogP contribution < -0.4 is 0 Å². The van der Waals surface area contributed by atoms with Crippen LogP contribution >= 0.6 is 0 Å². The second kappa shape index (κ2) is 11.9. The average Bonchev–Trinajstić information content (AvgIpc) is 3.46. The molecule has 0 spiro atoms. The van der Waals surface area contributed by atoms with Gasteiger partial charge in [-0.15, -0.1) is 10.2 Å². The first-order valence-electron chi connectivity index (χ1n) is 13.4. The van der Waals surface area contributed by atoms with E-state index in [0.29, 0.717) is 35.3 Å². The molecule has 0 saturated carbocycles. The van der Waals surface area contributed by atoms with Crippen molar-refractivity contribution in [3.8, 4) is 11.5 Å². The molecule has 0 amide bonds. The van der Waals surface area contributed by atoms with E-state index in [-0.39, 0.29) is 17.9 Å². The van der Waals surface area contributed by atoms with Crippen LogP contribution in [0.4, 0.5) is 0 Å². The zero-order chi connectivity index (χ0) is 29.2. The minimum absolute atomic E-state index is 0.237. The minimum atomic E-state index is -3.83. The van der Waals surface area contributed by atoms with E-state index in [0.717, 1.165) is 22.5 Å². The summed E-state index contributed by atoms with van der Waals surface area (Å²) in [4.78, 5) is 13.4. The fraction of sp³-hybridized carbons (Fsp3) is 0.500. The summed E-state index contributed by atoms with van der Waals surface area (Å²) in [5, 5.41) is 12.0. The summed E-state index contributed by atoms with van der Waals surface area (Å²) in [5.74, 6) is 1.39. The Balaban J connectivity index is 1.81. The lowest BCUT2D eigenvalue weighted by molar-refractivity contribution is 0.00140. The van der Waals surface area contributed by atoms with Crippen molar-refractivity contribution in [3.05, 3.63) is 70.5 Å². The number of rotatable bonds is 11. The van der Waals surface area contributed by atoms with E-state index in [1.165, 1.54) is 0 Å². The summed E-state index contributed by atoms with van der Waals surface area (Å²) < 4.78 is 41.4. The molecule has 4 aromatic heterocycles. The molecule has 0 aliphatic rings. The Morgan fingerprint density at radius 3 is 2.30 bits per heavy atom. The van der Waals surface area contributed by atoms with Crippen molar-refractivity contribution in [1.29, 1.82) is 0 Å². The molecule has 0 aromatic carbocycles. The van der Waals surface area contributed by atoms with E-state index in [9.17, 15) is 8.42 Å². The highest BCUT2D eigenvalue weighted by Gasteiger charge is 2.37. The fourth-order valence-electron chi connectivity index (χ4n) is 4.80. The molecule has 0 fully saturated rings. The van der Waals surface area contributed by atoms with Gasteiger partial charge in [-0.1, -0.05) is 18.1 Å². The van der Waals surface area contributed by atoms with Gasteiger partial charge < -0.3 is 13.8 Å². The van der Waals surface area contributed by atoms with Gasteiger partial charge >= 0.3 is 0 Å². The predicted octanol–water partition coefficient (Wildman–Crippen LogP) is 4.82. The van der Waals surface area contributed by atoms with E-state index in [1.54, 1.807) is 19.3 Å². The Kier molecular flexibility index (Phi) is 8.79. The van der Waals surface area contributed by atoms with Gasteiger partial charge in [-0.2, -0.15) is 0 Å². The molecule has 11 nitrogen and oxygen atoms in total. The van der Waals surface area contributed by atoms with E-state index in [2.05, 4.69) is 30.3 Å². The van der Waals surface area contributed by atoms with Gasteiger partial charge in [0.2, 0.25) is 0 Å². The van der Waals surface area contributed by atoms with Crippen LogP contribution in [0.15, 0.2) is 35.1 Å². The van der Waals surface area contributed by atoms with Crippen molar-refractivity contribution in [3.63, 3.8) is 0 Å². The molecule has 0 unspecified atom stereocenters. The number of sulfone groups is 1. The molecular formula is C28H37N7O4S. The maximum absolute atomic E-state index is 14.0. The lowest BCUT2D eigenvalue weighted by Gasteiger charge is -2.26. The SMILES string of the molecule is CC[C@@H](c1c(C)noc1C)n1c(CS(=O)(=O)[C@@H](C)[C@@H](OC(C)C)c2ncc(C)cn2)nnc1-c1cccc(C)n1. The minimum Gasteiger partial charge on any atom is -0.366 e. The van der Waals surface area contributed by atoms with Crippen LogP contribution in [0.2, 0.25) is 0 Å². The van der Waals surface area contributed by atoms with Gasteiger partial charge in [0.05, 0.1) is 23.1 Å². The van der Waals surface area contributed by atoms with E-state index >= 15 is 0 Å². The van der Waals surface area contributed by atoms with Gasteiger partial charge in [0.15, 0.2) is 21.5 Å². The molecule has 4 heterocycles. The molecule has 40 heavy (non-hydrogen) atoms. The van der Waals surface area contributed by atoms with Gasteiger partial charge in [-0.25, -0.2) is 23.4 Å². The molecule has 214 valence electrons. The number of aromatic nitrogens is 7. The first kappa shape index (κ1) is 29.5. The summed E-state index contributed by atoms with van der Waals surface area (Å²) in [6.45, 7) is 14.8. The molecule has 4 aromatic rings. The third-order valence-electron chi connectivity index (χ3n) is 6.80. The van der Waals surface area contributed by atoms with Crippen molar-refractivity contribution in [2.45, 2.75) is 91.1 Å². The zero-order valence-corrected chi connectivity index (χ0v) is 25.1. The number of nitrogens with zero attached hydrogens (tertiary/aromatic N) is 7. The monoisotopic (exact) mass is 567 g/mol. The maximum Gasteiger partial charge on any atom is 0.183 e. The third kappa shape index (κ3) is 6.12. The van der Waals surface area contributed by atoms with Crippen molar-refractivity contribution in [2.24, 2.45) is 0 Å². The standard InChI is InChI=1S/C28H37N7O4S/c1-9-23(25-19(6)34-39-20(25)7)35-24(32-33-28(35)22-12-10-11-18(5)31-22)15-40(36,37)21(8)26(38-16(2)3)27-29-13-17(4)14-30-27/h10-14,16,21,23,26H,9,15H2,1-8H3/t21-,23-,26+/m0/s1. The maximum atomic E-state index is 14.0. The van der Waals surface area contributed by atoms with Crippen molar-refractivity contribution < 1.29 is 17.7 Å². The van der Waals surface area contributed by atoms with Crippen LogP contribution in [0, 0.1) is 27.7 Å². The number of aryl methyl sites for hydroxylation is 4. The van der Waals surface area contributed by atoms with E-state index in [4.69, 9.17) is 9.26 Å². The van der Waals surface area contributed by atoms with Gasteiger partial charge in [-0.05, 0) is 72.6 Å². The third-order valence-corrected chi connectivity index (χ3v) is 8.84. The largest absolute Gasteiger partial charge is 0.366 e. The normalized spacial score (nSPS) is 14.4. The second-order valence-corrected chi connectivity index (χ2v) is 12.7. The van der Waals surface area contributed by atoms with Gasteiger partial charge in [0.25, 0.3) is 0 Å². The van der Waals surface area contributed by atoms with Gasteiger partial charge in [-0.3, -0.25) is 0 Å². The van der Waals surface area contributed by atoms with Crippen LogP contribution in [-0.2, 0) is 20.3 Å². The highest BCUT2D eigenvalue weighted by atomic mass is 32.2. The number of hydrogen-bond donors (Lipinski definition) is 0. The molecule has 0 saturated heterocycles. The summed E-state index contributed by atoms with van der Waals surface area (Å²) in [5.41, 5.74) is 3.88. The van der Waals surface area contributed by atoms with Crippen LogP contribution in [0.1, 0.15) is 86.2 Å². The topological polar surface area (TPSA) is 139 Å². The van der Waals surface area contributed by atoms with E-state index in [1.807, 2.05) is 71.2 Å². The average molecular weight is 568 g/mol. The Morgan fingerprint density at radius 1 is 1.02 bits per heavy atom. The quantitative estimate of drug-likeness (QED) is 0.248. The van der Waals surface area contributed by atoms with Gasteiger partial charge in [0.1, 0.15) is 29.1 Å². The smallest absolute Gasteiger partial charge is 0.183 e. The van der Waals surface area contributed by atoms with Crippen LogP contribution in [0.3, 0.4) is 0 Å². The number of ether oxygens (including phenoxy) is 1. The Labute approximate surface area is 235 Å². The summed E-state index contributed by atoms with van der Waals surface area (Å²) in [6.07, 6.45) is 2.85. The number of pyridine rings is 1. The predicted molar refractivity (Wildman–Crippen MR) is 150 cm³/mol. The molecule has 0 aliphatic carbocycles. The van der Waals surface area contributed by atoms with Gasteiger partial charge in [0, 0.05) is 23.7 Å². The molecular weight excluding hydrogens is 530 g/mol. The van der Waals surface area contributed by atoms with E-state index < -0.39 is 21.2 Å². The number of hydrogen-bond acceptors (Lipinski definition) is 10. The first-order valence-corrected chi connectivity index (χ1v) is 15.1. The fourth-order valence-corrected chi connectivity index (χ4v) is 6.18. The molecule has 0 aliphatic heterocycles. The molecule has 12 heteroatoms. The summed E-state index contributed by atoms with van der Waals surface area (Å²) >= 11 is 0. The Hall–Kier alpha value is -3.51. The van der Waals surface area contributed by atoms with Crippen LogP contribution in [0.25, 0.3) is 11.5 Å². The lowest BCUT2D eigenvalue weighted by atomic mass is 10.0. The Bertz CT molecular complexity index is 1540. The summed E-state index contributed by atoms with van der Waals surface area (Å²) in [7, 11) is -3.83. The summed E-state index contributed by atoms with van der Waals surface area (Å²) in [6, 6.07) is 5.31. The Morgan fingerprint density at radius 2 is 1.73 bits per heavy atom. The van der Waals surface area contributed by atoms with Crippen molar-refractivity contribution in [1.82, 2.24) is 34.9 Å². The van der Waals surface area contributed by atoms with Crippen LogP contribution in [0.5, 0.6) is 0 Å². The molecule has 0 N–H and O–H groups in total. The molecule has 4 rings (SSSR count). The van der Waals surface area contributed by atoms with Crippen LogP contribution in [-0.4, -0.2) is 54.6 Å². The first-order chi connectivity index (χ1) is 18.9.